The van der Waals surface area contributed by atoms with E-state index in [1.165, 1.54) is 64.5 Å². The van der Waals surface area contributed by atoms with Crippen molar-refractivity contribution >= 4 is 0 Å². The molecule has 1 rings (SSSR count). The highest BCUT2D eigenvalue weighted by atomic mass is 15.1. The lowest BCUT2D eigenvalue weighted by Gasteiger charge is -2.04. The largest absolute Gasteiger partial charge is 0.256 e. The van der Waals surface area contributed by atoms with Crippen LogP contribution in [0.25, 0.3) is 0 Å². The first-order valence-electron chi connectivity index (χ1n) is 7.90. The summed E-state index contributed by atoms with van der Waals surface area (Å²) < 4.78 is 4.96. The van der Waals surface area contributed by atoms with Gasteiger partial charge in [0.15, 0.2) is 0 Å². The number of hydrogen-bond donors (Lipinski definition) is 0. The molecule has 0 aromatic carbocycles. The van der Waals surface area contributed by atoms with E-state index < -0.39 is 0 Å². The quantitative estimate of drug-likeness (QED) is 0.437. The van der Waals surface area contributed by atoms with Gasteiger partial charge in [-0.25, -0.2) is 9.13 Å². The van der Waals surface area contributed by atoms with Crippen LogP contribution in [0, 0.1) is 0 Å². The molecule has 0 bridgehead atoms. The van der Waals surface area contributed by atoms with Gasteiger partial charge in [-0.2, -0.15) is 0 Å². The minimum Gasteiger partial charge on any atom is -0.234 e. The van der Waals surface area contributed by atoms with E-state index in [1.807, 2.05) is 0 Å². The number of hydrogen-bond acceptors (Lipinski definition) is 0. The summed E-state index contributed by atoms with van der Waals surface area (Å²) in [4.78, 5) is 0. The highest BCUT2D eigenvalue weighted by Gasteiger charge is 2.15. The molecule has 2 heteroatoms. The van der Waals surface area contributed by atoms with Crippen LogP contribution in [0.5, 0.6) is 0 Å². The van der Waals surface area contributed by atoms with E-state index in [2.05, 4.69) is 42.3 Å². The zero-order valence-electron chi connectivity index (χ0n) is 12.6. The molecule has 0 spiro atoms. The van der Waals surface area contributed by atoms with Crippen LogP contribution in [0.3, 0.4) is 0 Å². The van der Waals surface area contributed by atoms with E-state index in [9.17, 15) is 0 Å². The highest BCUT2D eigenvalue weighted by molar-refractivity contribution is 4.84. The predicted molar refractivity (Wildman–Crippen MR) is 77.7 cm³/mol. The van der Waals surface area contributed by atoms with Crippen LogP contribution in [0.15, 0.2) is 12.4 Å². The number of aryl methyl sites for hydroxylation is 2. The summed E-state index contributed by atoms with van der Waals surface area (Å²) in [7, 11) is 0. The normalized spacial score (nSPS) is 11.1. The second kappa shape index (κ2) is 9.18. The molecule has 18 heavy (non-hydrogen) atoms. The smallest absolute Gasteiger partial charge is 0.234 e. The van der Waals surface area contributed by atoms with E-state index in [0.29, 0.717) is 0 Å². The summed E-state index contributed by atoms with van der Waals surface area (Å²) in [6.45, 7) is 9.20. The van der Waals surface area contributed by atoms with Gasteiger partial charge in [0.05, 0.1) is 13.1 Å². The zero-order chi connectivity index (χ0) is 13.2. The van der Waals surface area contributed by atoms with Crippen molar-refractivity contribution in [3.8, 4) is 0 Å². The van der Waals surface area contributed by atoms with E-state index in [0.717, 1.165) is 0 Å². The summed E-state index contributed by atoms with van der Waals surface area (Å²) in [5.41, 5.74) is 0. The number of unbranched alkanes of at least 4 members (excludes halogenated alkanes) is 4. The minimum atomic E-state index is 1.19. The molecule has 0 N–H and O–H groups in total. The van der Waals surface area contributed by atoms with Crippen LogP contribution in [0.1, 0.15) is 71.5 Å². The van der Waals surface area contributed by atoms with Crippen LogP contribution in [0.2, 0.25) is 0 Å². The van der Waals surface area contributed by atoms with Gasteiger partial charge < -0.3 is 0 Å². The SMILES string of the molecule is CCCCCc1n(CCCC)cc[n+]1CCCC. The van der Waals surface area contributed by atoms with E-state index in [4.69, 9.17) is 0 Å². The summed E-state index contributed by atoms with van der Waals surface area (Å²) in [6.07, 6.45) is 15.0. The minimum absolute atomic E-state index is 1.19. The van der Waals surface area contributed by atoms with Gasteiger partial charge in [0.25, 0.3) is 5.82 Å². The Kier molecular flexibility index (Phi) is 7.79. The number of imidazole rings is 1. The first-order valence-corrected chi connectivity index (χ1v) is 7.90. The van der Waals surface area contributed by atoms with Gasteiger partial charge in [-0.3, -0.25) is 0 Å². The number of rotatable bonds is 10. The Morgan fingerprint density at radius 3 is 2.33 bits per heavy atom. The molecule has 0 aliphatic carbocycles. The molecule has 1 aromatic rings. The van der Waals surface area contributed by atoms with Crippen LogP contribution in [-0.4, -0.2) is 4.57 Å². The van der Waals surface area contributed by atoms with Crippen molar-refractivity contribution < 1.29 is 4.57 Å². The highest BCUT2D eigenvalue weighted by Crippen LogP contribution is 2.06. The molecule has 2 nitrogen and oxygen atoms in total. The zero-order valence-corrected chi connectivity index (χ0v) is 12.6. The van der Waals surface area contributed by atoms with E-state index in [-0.39, 0.29) is 0 Å². The fourth-order valence-electron chi connectivity index (χ4n) is 2.38. The maximum atomic E-state index is 2.48. The Labute approximate surface area is 113 Å². The monoisotopic (exact) mass is 251 g/mol. The third-order valence-corrected chi connectivity index (χ3v) is 3.60. The molecule has 0 unspecified atom stereocenters. The van der Waals surface area contributed by atoms with E-state index >= 15 is 0 Å². The average molecular weight is 251 g/mol. The summed E-state index contributed by atoms with van der Waals surface area (Å²) in [6, 6.07) is 0. The topological polar surface area (TPSA) is 8.81 Å². The van der Waals surface area contributed by atoms with Crippen LogP contribution < -0.4 is 4.57 Å². The van der Waals surface area contributed by atoms with Crippen molar-refractivity contribution in [3.05, 3.63) is 18.2 Å². The Bertz CT molecular complexity index is 289. The Morgan fingerprint density at radius 2 is 1.67 bits per heavy atom. The number of aromatic nitrogens is 2. The Hall–Kier alpha value is -0.790. The predicted octanol–water partition coefficient (Wildman–Crippen LogP) is 4.11. The molecule has 0 saturated heterocycles. The van der Waals surface area contributed by atoms with Gasteiger partial charge in [0.1, 0.15) is 12.4 Å². The Balaban J connectivity index is 2.66. The molecule has 0 aliphatic heterocycles. The first kappa shape index (κ1) is 15.3. The lowest BCUT2D eigenvalue weighted by atomic mass is 10.2. The maximum Gasteiger partial charge on any atom is 0.256 e. The molecule has 0 atom stereocenters. The van der Waals surface area contributed by atoms with Gasteiger partial charge in [-0.15, -0.1) is 0 Å². The summed E-state index contributed by atoms with van der Waals surface area (Å²) in [5, 5.41) is 0. The molecule has 0 radical (unpaired) electrons. The van der Waals surface area contributed by atoms with Gasteiger partial charge in [0, 0.05) is 6.42 Å². The van der Waals surface area contributed by atoms with Crippen molar-refractivity contribution in [1.82, 2.24) is 4.57 Å². The lowest BCUT2D eigenvalue weighted by molar-refractivity contribution is -0.704. The molecule has 0 amide bonds. The maximum absolute atomic E-state index is 2.48. The van der Waals surface area contributed by atoms with Crippen molar-refractivity contribution in [2.24, 2.45) is 0 Å². The van der Waals surface area contributed by atoms with Gasteiger partial charge >= 0.3 is 0 Å². The van der Waals surface area contributed by atoms with Crippen LogP contribution >= 0.6 is 0 Å². The van der Waals surface area contributed by atoms with E-state index in [1.54, 1.807) is 5.82 Å². The molecule has 104 valence electrons. The average Bonchev–Trinajstić information content (AvgIpc) is 2.77. The second-order valence-electron chi connectivity index (χ2n) is 5.27. The second-order valence-corrected chi connectivity index (χ2v) is 5.27. The van der Waals surface area contributed by atoms with Gasteiger partial charge in [-0.1, -0.05) is 46.5 Å². The lowest BCUT2D eigenvalue weighted by Crippen LogP contribution is -2.37. The molecule has 1 heterocycles. The first-order chi connectivity index (χ1) is 8.83. The summed E-state index contributed by atoms with van der Waals surface area (Å²) in [5.74, 6) is 1.55. The molecule has 0 fully saturated rings. The molecule has 0 aliphatic rings. The molecule has 1 aromatic heterocycles. The van der Waals surface area contributed by atoms with Crippen molar-refractivity contribution in [2.45, 2.75) is 85.2 Å². The third kappa shape index (κ3) is 4.83. The third-order valence-electron chi connectivity index (χ3n) is 3.60. The number of nitrogens with zero attached hydrogens (tertiary/aromatic N) is 2. The molecular weight excluding hydrogens is 220 g/mol. The van der Waals surface area contributed by atoms with Crippen LogP contribution in [-0.2, 0) is 19.5 Å². The fraction of sp³-hybridized carbons (Fsp3) is 0.812. The van der Waals surface area contributed by atoms with Gasteiger partial charge in [0.2, 0.25) is 0 Å². The fourth-order valence-corrected chi connectivity index (χ4v) is 2.38. The van der Waals surface area contributed by atoms with Crippen LogP contribution in [0.4, 0.5) is 0 Å². The molecule has 0 saturated carbocycles. The molecular formula is C16H31N2+. The van der Waals surface area contributed by atoms with Crippen molar-refractivity contribution in [1.29, 1.82) is 0 Å². The standard InChI is InChI=1S/C16H31N2/c1-4-7-10-11-16-17(12-8-5-2)14-15-18(16)13-9-6-3/h14-15H,4-13H2,1-3H3/q+1. The summed E-state index contributed by atoms with van der Waals surface area (Å²) >= 11 is 0. The van der Waals surface area contributed by atoms with Crippen molar-refractivity contribution in [3.63, 3.8) is 0 Å². The van der Waals surface area contributed by atoms with Gasteiger partial charge in [-0.05, 0) is 19.3 Å². The van der Waals surface area contributed by atoms with Crippen molar-refractivity contribution in [2.75, 3.05) is 0 Å². The Morgan fingerprint density at radius 1 is 0.944 bits per heavy atom.